The Kier molecular flexibility index (Phi) is 6.65. The Morgan fingerprint density at radius 1 is 1.00 bits per heavy atom. The SMILES string of the molecule is COc1cccc(C(=O)NCc2ccc(OC(F)F)cc2)c1OC(F)F. The molecule has 0 heterocycles. The number of rotatable bonds is 8. The molecule has 0 fully saturated rings. The van der Waals surface area contributed by atoms with Crippen molar-refractivity contribution in [1.29, 1.82) is 0 Å². The molecule has 5 nitrogen and oxygen atoms in total. The summed E-state index contributed by atoms with van der Waals surface area (Å²) in [7, 11) is 1.26. The van der Waals surface area contributed by atoms with Crippen molar-refractivity contribution in [2.75, 3.05) is 7.11 Å². The van der Waals surface area contributed by atoms with E-state index in [1.807, 2.05) is 0 Å². The van der Waals surface area contributed by atoms with Gasteiger partial charge in [-0.25, -0.2) is 0 Å². The first-order chi connectivity index (χ1) is 12.4. The molecule has 1 amide bonds. The number of nitrogens with one attached hydrogen (secondary N) is 1. The summed E-state index contributed by atoms with van der Waals surface area (Å²) in [6.45, 7) is -6.01. The Morgan fingerprint density at radius 3 is 2.23 bits per heavy atom. The van der Waals surface area contributed by atoms with Crippen molar-refractivity contribution in [1.82, 2.24) is 5.32 Å². The predicted octanol–water partition coefficient (Wildman–Crippen LogP) is 3.83. The van der Waals surface area contributed by atoms with E-state index in [0.717, 1.165) is 0 Å². The summed E-state index contributed by atoms with van der Waals surface area (Å²) in [5, 5.41) is 2.53. The number of halogens is 4. The molecule has 0 aliphatic rings. The summed E-state index contributed by atoms with van der Waals surface area (Å²) in [5.41, 5.74) is 0.474. The topological polar surface area (TPSA) is 56.8 Å². The fourth-order valence-corrected chi connectivity index (χ4v) is 2.13. The molecule has 0 saturated carbocycles. The van der Waals surface area contributed by atoms with E-state index in [9.17, 15) is 22.4 Å². The van der Waals surface area contributed by atoms with E-state index in [1.165, 1.54) is 49.6 Å². The van der Waals surface area contributed by atoms with Gasteiger partial charge in [-0.1, -0.05) is 18.2 Å². The Balaban J connectivity index is 2.08. The van der Waals surface area contributed by atoms with Crippen LogP contribution in [0, 0.1) is 0 Å². The van der Waals surface area contributed by atoms with Crippen LogP contribution in [-0.4, -0.2) is 26.2 Å². The van der Waals surface area contributed by atoms with Gasteiger partial charge in [-0.2, -0.15) is 17.6 Å². The lowest BCUT2D eigenvalue weighted by molar-refractivity contribution is -0.0517. The van der Waals surface area contributed by atoms with Crippen LogP contribution in [0.4, 0.5) is 17.6 Å². The van der Waals surface area contributed by atoms with Gasteiger partial charge in [0.1, 0.15) is 5.75 Å². The zero-order valence-electron chi connectivity index (χ0n) is 13.5. The smallest absolute Gasteiger partial charge is 0.387 e. The largest absolute Gasteiger partial charge is 0.493 e. The second-order valence-electron chi connectivity index (χ2n) is 4.92. The lowest BCUT2D eigenvalue weighted by Crippen LogP contribution is -2.24. The van der Waals surface area contributed by atoms with Crippen LogP contribution in [0.5, 0.6) is 17.2 Å². The van der Waals surface area contributed by atoms with Gasteiger partial charge < -0.3 is 19.5 Å². The quantitative estimate of drug-likeness (QED) is 0.715. The summed E-state index contributed by atoms with van der Waals surface area (Å²) in [5.74, 6) is -1.06. The van der Waals surface area contributed by atoms with Crippen LogP contribution >= 0.6 is 0 Å². The molecule has 140 valence electrons. The van der Waals surface area contributed by atoms with Gasteiger partial charge in [0.25, 0.3) is 5.91 Å². The minimum atomic E-state index is -3.12. The average Bonchev–Trinajstić information content (AvgIpc) is 2.60. The minimum Gasteiger partial charge on any atom is -0.493 e. The lowest BCUT2D eigenvalue weighted by Gasteiger charge is -2.14. The number of hydrogen-bond acceptors (Lipinski definition) is 4. The molecular formula is C17H15F4NO4. The molecule has 9 heteroatoms. The maximum Gasteiger partial charge on any atom is 0.387 e. The number of amides is 1. The van der Waals surface area contributed by atoms with Crippen LogP contribution in [0.1, 0.15) is 15.9 Å². The molecule has 26 heavy (non-hydrogen) atoms. The number of ether oxygens (including phenoxy) is 3. The van der Waals surface area contributed by atoms with Crippen molar-refractivity contribution in [3.8, 4) is 17.2 Å². The number of carbonyl (C=O) groups excluding carboxylic acids is 1. The molecule has 1 N–H and O–H groups in total. The third-order valence-electron chi connectivity index (χ3n) is 3.25. The van der Waals surface area contributed by atoms with E-state index in [-0.39, 0.29) is 29.4 Å². The lowest BCUT2D eigenvalue weighted by atomic mass is 10.1. The van der Waals surface area contributed by atoms with E-state index in [0.29, 0.717) is 5.56 Å². The summed E-state index contributed by atoms with van der Waals surface area (Å²) in [4.78, 5) is 12.3. The van der Waals surface area contributed by atoms with E-state index in [2.05, 4.69) is 14.8 Å². The van der Waals surface area contributed by atoms with Crippen LogP contribution in [0.15, 0.2) is 42.5 Å². The fraction of sp³-hybridized carbons (Fsp3) is 0.235. The number of alkyl halides is 4. The Labute approximate surface area is 146 Å². The zero-order chi connectivity index (χ0) is 19.1. The van der Waals surface area contributed by atoms with Gasteiger partial charge in [-0.05, 0) is 29.8 Å². The van der Waals surface area contributed by atoms with Gasteiger partial charge in [0.2, 0.25) is 0 Å². The highest BCUT2D eigenvalue weighted by Gasteiger charge is 2.20. The second-order valence-corrected chi connectivity index (χ2v) is 4.92. The predicted molar refractivity (Wildman–Crippen MR) is 83.9 cm³/mol. The summed E-state index contributed by atoms with van der Waals surface area (Å²) < 4.78 is 62.9. The Hall–Kier alpha value is -2.97. The molecule has 2 aromatic rings. The summed E-state index contributed by atoms with van der Waals surface area (Å²) in [6.07, 6.45) is 0. The monoisotopic (exact) mass is 373 g/mol. The van der Waals surface area contributed by atoms with Gasteiger partial charge in [0.15, 0.2) is 11.5 Å². The van der Waals surface area contributed by atoms with Crippen LogP contribution < -0.4 is 19.5 Å². The van der Waals surface area contributed by atoms with Gasteiger partial charge in [-0.3, -0.25) is 4.79 Å². The van der Waals surface area contributed by atoms with E-state index < -0.39 is 19.1 Å². The van der Waals surface area contributed by atoms with Crippen molar-refractivity contribution in [3.63, 3.8) is 0 Å². The molecule has 0 spiro atoms. The highest BCUT2D eigenvalue weighted by Crippen LogP contribution is 2.32. The molecule has 0 saturated heterocycles. The van der Waals surface area contributed by atoms with E-state index in [1.54, 1.807) is 0 Å². The van der Waals surface area contributed by atoms with Crippen molar-refractivity contribution in [2.45, 2.75) is 19.8 Å². The van der Waals surface area contributed by atoms with E-state index in [4.69, 9.17) is 4.74 Å². The Bertz CT molecular complexity index is 738. The minimum absolute atomic E-state index is 0.00792. The maximum atomic E-state index is 12.6. The first kappa shape index (κ1) is 19.4. The fourth-order valence-electron chi connectivity index (χ4n) is 2.13. The van der Waals surface area contributed by atoms with Gasteiger partial charge in [-0.15, -0.1) is 0 Å². The molecule has 0 aromatic heterocycles. The third kappa shape index (κ3) is 5.27. The highest BCUT2D eigenvalue weighted by atomic mass is 19.3. The van der Waals surface area contributed by atoms with Crippen molar-refractivity contribution in [2.24, 2.45) is 0 Å². The molecule has 0 aliphatic carbocycles. The maximum absolute atomic E-state index is 12.6. The van der Waals surface area contributed by atoms with Crippen LogP contribution in [0.2, 0.25) is 0 Å². The molecule has 0 unspecified atom stereocenters. The molecular weight excluding hydrogens is 358 g/mol. The van der Waals surface area contributed by atoms with Crippen LogP contribution in [-0.2, 0) is 6.54 Å². The van der Waals surface area contributed by atoms with Gasteiger partial charge in [0, 0.05) is 6.54 Å². The van der Waals surface area contributed by atoms with Gasteiger partial charge in [0.05, 0.1) is 12.7 Å². The van der Waals surface area contributed by atoms with Crippen molar-refractivity contribution in [3.05, 3.63) is 53.6 Å². The number of benzene rings is 2. The average molecular weight is 373 g/mol. The number of para-hydroxylation sites is 1. The second kappa shape index (κ2) is 8.93. The van der Waals surface area contributed by atoms with Crippen molar-refractivity contribution >= 4 is 5.91 Å². The van der Waals surface area contributed by atoms with Crippen LogP contribution in [0.3, 0.4) is 0 Å². The summed E-state index contributed by atoms with van der Waals surface area (Å²) >= 11 is 0. The standard InChI is InChI=1S/C17H15F4NO4/c1-24-13-4-2-3-12(14(13)26-17(20)21)15(23)22-9-10-5-7-11(8-6-10)25-16(18)19/h2-8,16-17H,9H2,1H3,(H,22,23). The summed E-state index contributed by atoms with van der Waals surface area (Å²) in [6, 6.07) is 9.78. The zero-order valence-corrected chi connectivity index (χ0v) is 13.5. The number of methoxy groups -OCH3 is 1. The first-order valence-electron chi connectivity index (χ1n) is 7.34. The Morgan fingerprint density at radius 2 is 1.65 bits per heavy atom. The third-order valence-corrected chi connectivity index (χ3v) is 3.25. The van der Waals surface area contributed by atoms with Crippen molar-refractivity contribution < 1.29 is 36.6 Å². The normalized spacial score (nSPS) is 10.7. The highest BCUT2D eigenvalue weighted by molar-refractivity contribution is 5.97. The van der Waals surface area contributed by atoms with Crippen LogP contribution in [0.25, 0.3) is 0 Å². The molecule has 2 rings (SSSR count). The van der Waals surface area contributed by atoms with Gasteiger partial charge >= 0.3 is 13.2 Å². The number of hydrogen-bond donors (Lipinski definition) is 1. The first-order valence-corrected chi connectivity index (χ1v) is 7.34. The number of carbonyl (C=O) groups is 1. The molecule has 0 aliphatic heterocycles. The molecule has 2 aromatic carbocycles. The van der Waals surface area contributed by atoms with E-state index >= 15 is 0 Å². The molecule has 0 radical (unpaired) electrons. The molecule has 0 bridgehead atoms. The molecule has 0 atom stereocenters.